The number of unbranched alkanes of at least 4 members (excludes halogenated alkanes) is 2. The van der Waals surface area contributed by atoms with Crippen LogP contribution in [0.1, 0.15) is 46.5 Å². The Hall–Kier alpha value is -2.00. The zero-order valence-electron chi connectivity index (χ0n) is 15.3. The molecule has 0 aromatic rings. The molecule has 0 aromatic heterocycles. The summed E-state index contributed by atoms with van der Waals surface area (Å²) in [5.74, 6) is -1.63. The van der Waals surface area contributed by atoms with Gasteiger partial charge < -0.3 is 28.5 Å². The third kappa shape index (κ3) is 8.39. The molecule has 0 spiro atoms. The molecular weight excluding hydrogens is 348 g/mol. The lowest BCUT2D eigenvalue weighted by Crippen LogP contribution is -2.54. The Bertz CT molecular complexity index is 491. The minimum Gasteiger partial charge on any atom is -0.463 e. The van der Waals surface area contributed by atoms with Crippen molar-refractivity contribution in [3.63, 3.8) is 0 Å². The first-order chi connectivity index (χ1) is 12.3. The molecule has 0 N–H and O–H groups in total. The first kappa shape index (κ1) is 22.0. The van der Waals surface area contributed by atoms with Gasteiger partial charge in [-0.25, -0.2) is 0 Å². The summed E-state index contributed by atoms with van der Waals surface area (Å²) < 4.78 is 26.8. The lowest BCUT2D eigenvalue weighted by atomic mass is 10.0. The van der Waals surface area contributed by atoms with E-state index >= 15 is 0 Å². The minimum absolute atomic E-state index is 0.168. The fourth-order valence-corrected chi connectivity index (χ4v) is 2.55. The minimum atomic E-state index is -0.911. The van der Waals surface area contributed by atoms with Crippen molar-refractivity contribution in [2.75, 3.05) is 13.2 Å². The van der Waals surface area contributed by atoms with E-state index in [0.717, 1.165) is 6.29 Å². The summed E-state index contributed by atoms with van der Waals surface area (Å²) in [5.41, 5.74) is 0. The third-order valence-electron chi connectivity index (χ3n) is 3.57. The Labute approximate surface area is 152 Å². The summed E-state index contributed by atoms with van der Waals surface area (Å²) >= 11 is 0. The van der Waals surface area contributed by atoms with Crippen molar-refractivity contribution in [2.45, 2.75) is 71.1 Å². The van der Waals surface area contributed by atoms with Gasteiger partial charge >= 0.3 is 17.9 Å². The largest absolute Gasteiger partial charge is 0.463 e. The first-order valence-corrected chi connectivity index (χ1v) is 8.52. The van der Waals surface area contributed by atoms with Gasteiger partial charge in [0.25, 0.3) is 0 Å². The Morgan fingerprint density at radius 3 is 2.31 bits per heavy atom. The number of carbonyl (C=O) groups excluding carboxylic acids is 4. The van der Waals surface area contributed by atoms with Gasteiger partial charge in [0.15, 0.2) is 12.4 Å². The second-order valence-corrected chi connectivity index (χ2v) is 5.90. The molecule has 1 aliphatic heterocycles. The molecule has 4 unspecified atom stereocenters. The number of hydrogen-bond donors (Lipinski definition) is 0. The number of ether oxygens (including phenoxy) is 5. The number of hydrogen-bond acceptors (Lipinski definition) is 9. The molecule has 4 atom stereocenters. The summed E-state index contributed by atoms with van der Waals surface area (Å²) in [4.78, 5) is 44.2. The van der Waals surface area contributed by atoms with Crippen LogP contribution in [-0.2, 0) is 42.9 Å². The standard InChI is InChI=1S/C17H26O9/c1-11(19)23-10-15-17(25-13(3)21)14(24-12(2)20)9-16(26-15)22-8-6-4-5-7-18/h7,14-17H,4-6,8-10H2,1-3H3. The van der Waals surface area contributed by atoms with Gasteiger partial charge in [-0.05, 0) is 12.8 Å². The molecule has 0 amide bonds. The average molecular weight is 374 g/mol. The van der Waals surface area contributed by atoms with Crippen LogP contribution >= 0.6 is 0 Å². The van der Waals surface area contributed by atoms with Crippen LogP contribution in [0.5, 0.6) is 0 Å². The predicted molar refractivity (Wildman–Crippen MR) is 86.9 cm³/mol. The van der Waals surface area contributed by atoms with Gasteiger partial charge in [0.1, 0.15) is 25.1 Å². The monoisotopic (exact) mass is 374 g/mol. The highest BCUT2D eigenvalue weighted by Crippen LogP contribution is 2.27. The van der Waals surface area contributed by atoms with Gasteiger partial charge in [-0.2, -0.15) is 0 Å². The molecule has 1 saturated heterocycles. The van der Waals surface area contributed by atoms with Crippen molar-refractivity contribution < 1.29 is 42.9 Å². The molecule has 9 heteroatoms. The number of esters is 3. The van der Waals surface area contributed by atoms with Crippen molar-refractivity contribution in [1.82, 2.24) is 0 Å². The van der Waals surface area contributed by atoms with Gasteiger partial charge in [-0.15, -0.1) is 0 Å². The lowest BCUT2D eigenvalue weighted by Gasteiger charge is -2.39. The van der Waals surface area contributed by atoms with Crippen LogP contribution in [-0.4, -0.2) is 62.0 Å². The van der Waals surface area contributed by atoms with Gasteiger partial charge in [0.2, 0.25) is 0 Å². The normalized spacial score (nSPS) is 25.2. The Morgan fingerprint density at radius 2 is 1.73 bits per heavy atom. The Kier molecular flexibility index (Phi) is 9.82. The van der Waals surface area contributed by atoms with Crippen LogP contribution in [0.3, 0.4) is 0 Å². The summed E-state index contributed by atoms with van der Waals surface area (Å²) in [5, 5.41) is 0. The van der Waals surface area contributed by atoms with E-state index in [-0.39, 0.29) is 13.0 Å². The third-order valence-corrected chi connectivity index (χ3v) is 3.57. The average Bonchev–Trinajstić information content (AvgIpc) is 2.54. The maximum absolute atomic E-state index is 11.4. The number of aldehydes is 1. The highest BCUT2D eigenvalue weighted by Gasteiger charge is 2.44. The number of rotatable bonds is 10. The molecule has 26 heavy (non-hydrogen) atoms. The van der Waals surface area contributed by atoms with Gasteiger partial charge in [-0.1, -0.05) is 0 Å². The maximum atomic E-state index is 11.4. The number of carbonyl (C=O) groups is 4. The van der Waals surface area contributed by atoms with E-state index in [0.29, 0.717) is 25.9 Å². The van der Waals surface area contributed by atoms with E-state index in [1.54, 1.807) is 0 Å². The van der Waals surface area contributed by atoms with Gasteiger partial charge in [0, 0.05) is 40.2 Å². The molecule has 0 saturated carbocycles. The first-order valence-electron chi connectivity index (χ1n) is 8.52. The zero-order valence-corrected chi connectivity index (χ0v) is 15.3. The Morgan fingerprint density at radius 1 is 1.04 bits per heavy atom. The quantitative estimate of drug-likeness (QED) is 0.238. The smallest absolute Gasteiger partial charge is 0.303 e. The van der Waals surface area contributed by atoms with E-state index in [9.17, 15) is 19.2 Å². The maximum Gasteiger partial charge on any atom is 0.303 e. The molecule has 148 valence electrons. The fourth-order valence-electron chi connectivity index (χ4n) is 2.55. The van der Waals surface area contributed by atoms with E-state index in [1.165, 1.54) is 20.8 Å². The molecule has 0 bridgehead atoms. The van der Waals surface area contributed by atoms with Crippen molar-refractivity contribution in [3.05, 3.63) is 0 Å². The fraction of sp³-hybridized carbons (Fsp3) is 0.765. The highest BCUT2D eigenvalue weighted by atomic mass is 16.7. The molecule has 0 aliphatic carbocycles. The predicted octanol–water partition coefficient (Wildman–Crippen LogP) is 0.914. The Balaban J connectivity index is 2.77. The second kappa shape index (κ2) is 11.6. The molecule has 1 fully saturated rings. The summed E-state index contributed by atoms with van der Waals surface area (Å²) in [6, 6.07) is 0. The molecule has 1 rings (SSSR count). The molecule has 0 radical (unpaired) electrons. The summed E-state index contributed by atoms with van der Waals surface area (Å²) in [7, 11) is 0. The van der Waals surface area contributed by atoms with E-state index in [1.807, 2.05) is 0 Å². The van der Waals surface area contributed by atoms with Crippen LogP contribution in [0.25, 0.3) is 0 Å². The summed E-state index contributed by atoms with van der Waals surface area (Å²) in [6.07, 6.45) is -0.432. The van der Waals surface area contributed by atoms with Crippen LogP contribution in [0, 0.1) is 0 Å². The van der Waals surface area contributed by atoms with Crippen LogP contribution < -0.4 is 0 Å². The lowest BCUT2D eigenvalue weighted by molar-refractivity contribution is -0.266. The summed E-state index contributed by atoms with van der Waals surface area (Å²) in [6.45, 7) is 3.90. The molecule has 9 nitrogen and oxygen atoms in total. The van der Waals surface area contributed by atoms with Crippen molar-refractivity contribution in [3.8, 4) is 0 Å². The second-order valence-electron chi connectivity index (χ2n) is 5.90. The van der Waals surface area contributed by atoms with Crippen LogP contribution in [0.2, 0.25) is 0 Å². The molecule has 0 aromatic carbocycles. The van der Waals surface area contributed by atoms with Gasteiger partial charge in [-0.3, -0.25) is 14.4 Å². The molecular formula is C17H26O9. The van der Waals surface area contributed by atoms with Crippen LogP contribution in [0.4, 0.5) is 0 Å². The molecule has 1 aliphatic rings. The van der Waals surface area contributed by atoms with E-state index < -0.39 is 42.5 Å². The van der Waals surface area contributed by atoms with Crippen molar-refractivity contribution in [2.24, 2.45) is 0 Å². The van der Waals surface area contributed by atoms with Gasteiger partial charge in [0.05, 0.1) is 0 Å². The zero-order chi connectivity index (χ0) is 19.5. The topological polar surface area (TPSA) is 114 Å². The van der Waals surface area contributed by atoms with Crippen LogP contribution in [0.15, 0.2) is 0 Å². The SMILES string of the molecule is CC(=O)OCC1OC(OCCCCC=O)CC(OC(C)=O)C1OC(C)=O. The van der Waals surface area contributed by atoms with Crippen molar-refractivity contribution >= 4 is 24.2 Å². The van der Waals surface area contributed by atoms with E-state index in [4.69, 9.17) is 23.7 Å². The molecule has 1 heterocycles. The highest BCUT2D eigenvalue weighted by molar-refractivity contribution is 5.67. The van der Waals surface area contributed by atoms with Crippen molar-refractivity contribution in [1.29, 1.82) is 0 Å². The van der Waals surface area contributed by atoms with E-state index in [2.05, 4.69) is 0 Å².